The number of piperidine rings is 1. The van der Waals surface area contributed by atoms with Gasteiger partial charge in [0.1, 0.15) is 17.9 Å². The van der Waals surface area contributed by atoms with Crippen molar-refractivity contribution in [3.63, 3.8) is 0 Å². The predicted octanol–water partition coefficient (Wildman–Crippen LogP) is 2.26. The molecule has 35 heavy (non-hydrogen) atoms. The maximum absolute atomic E-state index is 13.7. The van der Waals surface area contributed by atoms with Crippen LogP contribution in [0.5, 0.6) is 0 Å². The Morgan fingerprint density at radius 1 is 1.06 bits per heavy atom. The van der Waals surface area contributed by atoms with Crippen LogP contribution >= 0.6 is 0 Å². The molecule has 1 spiro atoms. The normalized spacial score (nSPS) is 17.2. The number of likely N-dealkylation sites (tertiary alicyclic amines) is 1. The smallest absolute Gasteiger partial charge is 0.253 e. The average Bonchev–Trinajstić information content (AvgIpc) is 3.14. The first-order valence-corrected chi connectivity index (χ1v) is 11.9. The first-order chi connectivity index (χ1) is 16.9. The van der Waals surface area contributed by atoms with E-state index in [4.69, 9.17) is 4.74 Å². The Labute approximate surface area is 204 Å². The molecule has 2 aliphatic heterocycles. The van der Waals surface area contributed by atoms with Crippen molar-refractivity contribution in [3.05, 3.63) is 66.0 Å². The van der Waals surface area contributed by atoms with Crippen LogP contribution in [0, 0.1) is 5.82 Å². The topological polar surface area (TPSA) is 82.2 Å². The number of nitrogens with one attached hydrogen (secondary N) is 1. The van der Waals surface area contributed by atoms with Gasteiger partial charge < -0.3 is 24.8 Å². The number of anilines is 1. The van der Waals surface area contributed by atoms with Crippen LogP contribution < -0.4 is 10.2 Å². The first-order valence-electron chi connectivity index (χ1n) is 11.9. The molecule has 9 heteroatoms. The summed E-state index contributed by atoms with van der Waals surface area (Å²) >= 11 is 0. The molecule has 0 bridgehead atoms. The van der Waals surface area contributed by atoms with E-state index in [0.717, 1.165) is 5.69 Å². The summed E-state index contributed by atoms with van der Waals surface area (Å²) in [5, 5.41) is 2.84. The van der Waals surface area contributed by atoms with Crippen molar-refractivity contribution in [2.75, 3.05) is 51.5 Å². The van der Waals surface area contributed by atoms with Crippen LogP contribution in [0.25, 0.3) is 0 Å². The molecule has 2 aliphatic rings. The Hall–Kier alpha value is -3.46. The molecule has 8 nitrogen and oxygen atoms in total. The number of carbonyl (C=O) groups is 3. The number of hydrogen-bond donors (Lipinski definition) is 1. The highest BCUT2D eigenvalue weighted by Gasteiger charge is 2.54. The molecule has 2 fully saturated rings. The molecular weight excluding hydrogens is 451 g/mol. The number of carbonyl (C=O) groups excluding carboxylic acids is 3. The maximum atomic E-state index is 13.7. The number of nitrogens with zero attached hydrogens (tertiary/aromatic N) is 3. The summed E-state index contributed by atoms with van der Waals surface area (Å²) in [4.78, 5) is 44.5. The summed E-state index contributed by atoms with van der Waals surface area (Å²) in [5.41, 5.74) is 0.506. The summed E-state index contributed by atoms with van der Waals surface area (Å²) in [6, 6.07) is 15.2. The SMILES string of the molecule is COCCCNC(=O)CN1CN(c2ccccc2)C2(CCN(C(=O)c3ccc(F)cc3)CC2)C1=O. The van der Waals surface area contributed by atoms with Crippen LogP contribution in [0.3, 0.4) is 0 Å². The van der Waals surface area contributed by atoms with Crippen molar-refractivity contribution in [2.45, 2.75) is 24.8 Å². The summed E-state index contributed by atoms with van der Waals surface area (Å²) in [6.45, 7) is 2.11. The standard InChI is InChI=1S/C26H31FN4O4/c1-35-17-5-14-28-23(32)18-30-19-31(22-6-3-2-4-7-22)26(25(30)34)12-15-29(16-13-26)24(33)20-8-10-21(27)11-9-20/h2-4,6-11H,5,12-19H2,1H3,(H,28,32). The van der Waals surface area contributed by atoms with E-state index in [9.17, 15) is 18.8 Å². The molecular formula is C26H31FN4O4. The van der Waals surface area contributed by atoms with Gasteiger partial charge in [0, 0.05) is 44.6 Å². The van der Waals surface area contributed by atoms with Gasteiger partial charge in [-0.1, -0.05) is 18.2 Å². The zero-order valence-corrected chi connectivity index (χ0v) is 19.9. The molecule has 1 N–H and O–H groups in total. The van der Waals surface area contributed by atoms with Gasteiger partial charge in [0.05, 0.1) is 6.67 Å². The van der Waals surface area contributed by atoms with Crippen molar-refractivity contribution in [2.24, 2.45) is 0 Å². The third kappa shape index (κ3) is 5.30. The fourth-order valence-corrected chi connectivity index (χ4v) is 4.85. The molecule has 0 saturated carbocycles. The lowest BCUT2D eigenvalue weighted by Gasteiger charge is -2.43. The van der Waals surface area contributed by atoms with Gasteiger partial charge in [0.2, 0.25) is 5.91 Å². The van der Waals surface area contributed by atoms with Crippen molar-refractivity contribution in [1.82, 2.24) is 15.1 Å². The molecule has 2 aromatic carbocycles. The number of amides is 3. The van der Waals surface area contributed by atoms with Gasteiger partial charge in [0.15, 0.2) is 0 Å². The van der Waals surface area contributed by atoms with Crippen LogP contribution in [-0.2, 0) is 14.3 Å². The molecule has 2 aromatic rings. The van der Waals surface area contributed by atoms with Gasteiger partial charge in [0.25, 0.3) is 11.8 Å². The van der Waals surface area contributed by atoms with E-state index in [1.54, 1.807) is 16.9 Å². The Bertz CT molecular complexity index is 1040. The van der Waals surface area contributed by atoms with Gasteiger partial charge in [-0.05, 0) is 55.7 Å². The van der Waals surface area contributed by atoms with Crippen LogP contribution in [0.4, 0.5) is 10.1 Å². The minimum atomic E-state index is -0.822. The van der Waals surface area contributed by atoms with Crippen LogP contribution in [-0.4, -0.2) is 79.6 Å². The van der Waals surface area contributed by atoms with E-state index in [1.807, 2.05) is 30.3 Å². The Kier molecular flexibility index (Phi) is 7.65. The second kappa shape index (κ2) is 10.9. The van der Waals surface area contributed by atoms with Crippen molar-refractivity contribution in [3.8, 4) is 0 Å². The van der Waals surface area contributed by atoms with E-state index in [0.29, 0.717) is 57.7 Å². The predicted molar refractivity (Wildman–Crippen MR) is 129 cm³/mol. The number of rotatable bonds is 8. The lowest BCUT2D eigenvalue weighted by Crippen LogP contribution is -2.57. The summed E-state index contributed by atoms with van der Waals surface area (Å²) in [5.74, 6) is -0.869. The minimum absolute atomic E-state index is 0.0187. The van der Waals surface area contributed by atoms with Crippen LogP contribution in [0.1, 0.15) is 29.6 Å². The van der Waals surface area contributed by atoms with Gasteiger partial charge in [-0.15, -0.1) is 0 Å². The minimum Gasteiger partial charge on any atom is -0.385 e. The van der Waals surface area contributed by atoms with Gasteiger partial charge in [-0.25, -0.2) is 4.39 Å². The molecule has 4 rings (SSSR count). The fraction of sp³-hybridized carbons (Fsp3) is 0.423. The summed E-state index contributed by atoms with van der Waals surface area (Å²) < 4.78 is 18.3. The Morgan fingerprint density at radius 2 is 1.74 bits per heavy atom. The van der Waals surface area contributed by atoms with Crippen molar-refractivity contribution >= 4 is 23.4 Å². The van der Waals surface area contributed by atoms with Crippen molar-refractivity contribution in [1.29, 1.82) is 0 Å². The zero-order valence-electron chi connectivity index (χ0n) is 19.9. The third-order valence-electron chi connectivity index (χ3n) is 6.73. The highest BCUT2D eigenvalue weighted by atomic mass is 19.1. The van der Waals surface area contributed by atoms with Gasteiger partial charge in [-0.2, -0.15) is 0 Å². The number of hydrogen-bond acceptors (Lipinski definition) is 5. The maximum Gasteiger partial charge on any atom is 0.253 e. The Balaban J connectivity index is 1.48. The largest absolute Gasteiger partial charge is 0.385 e. The quantitative estimate of drug-likeness (QED) is 0.584. The lowest BCUT2D eigenvalue weighted by molar-refractivity contribution is -0.137. The zero-order chi connectivity index (χ0) is 24.8. The highest BCUT2D eigenvalue weighted by Crippen LogP contribution is 2.39. The molecule has 0 radical (unpaired) electrons. The van der Waals surface area contributed by atoms with Gasteiger partial charge in [-0.3, -0.25) is 14.4 Å². The fourth-order valence-electron chi connectivity index (χ4n) is 4.85. The summed E-state index contributed by atoms with van der Waals surface area (Å²) in [7, 11) is 1.61. The van der Waals surface area contributed by atoms with Crippen LogP contribution in [0.2, 0.25) is 0 Å². The molecule has 186 valence electrons. The number of halogens is 1. The van der Waals surface area contributed by atoms with E-state index < -0.39 is 11.4 Å². The molecule has 0 aromatic heterocycles. The van der Waals surface area contributed by atoms with E-state index >= 15 is 0 Å². The number of methoxy groups -OCH3 is 1. The highest BCUT2D eigenvalue weighted by molar-refractivity contribution is 5.97. The third-order valence-corrected chi connectivity index (χ3v) is 6.73. The van der Waals surface area contributed by atoms with Gasteiger partial charge >= 0.3 is 0 Å². The van der Waals surface area contributed by atoms with E-state index in [2.05, 4.69) is 10.2 Å². The average molecular weight is 483 g/mol. The Morgan fingerprint density at radius 3 is 2.40 bits per heavy atom. The summed E-state index contributed by atoms with van der Waals surface area (Å²) in [6.07, 6.45) is 1.59. The van der Waals surface area contributed by atoms with E-state index in [-0.39, 0.29) is 24.3 Å². The molecule has 2 heterocycles. The number of ether oxygens (including phenoxy) is 1. The first kappa shape index (κ1) is 24.7. The number of benzene rings is 2. The molecule has 3 amide bonds. The lowest BCUT2D eigenvalue weighted by atomic mass is 9.85. The number of para-hydroxylation sites is 1. The molecule has 0 atom stereocenters. The van der Waals surface area contributed by atoms with E-state index in [1.165, 1.54) is 24.3 Å². The molecule has 2 saturated heterocycles. The monoisotopic (exact) mass is 482 g/mol. The van der Waals surface area contributed by atoms with Crippen molar-refractivity contribution < 1.29 is 23.5 Å². The van der Waals surface area contributed by atoms with Crippen LogP contribution in [0.15, 0.2) is 54.6 Å². The molecule has 0 unspecified atom stereocenters. The second-order valence-electron chi connectivity index (χ2n) is 8.94. The second-order valence-corrected chi connectivity index (χ2v) is 8.94. The molecule has 0 aliphatic carbocycles.